The van der Waals surface area contributed by atoms with Crippen molar-refractivity contribution in [3.05, 3.63) is 89.0 Å². The van der Waals surface area contributed by atoms with E-state index in [1.165, 1.54) is 239 Å². The van der Waals surface area contributed by atoms with E-state index in [0.29, 0.717) is 34.8 Å². The summed E-state index contributed by atoms with van der Waals surface area (Å²) in [5.74, 6) is 2.10. The van der Waals surface area contributed by atoms with Crippen molar-refractivity contribution in [3.63, 3.8) is 0 Å². The number of hydrogen-bond donors (Lipinski definition) is 0. The molecule has 93 heavy (non-hydrogen) atoms. The Bertz CT molecular complexity index is 3080. The Balaban J connectivity index is 1.37. The largest absolute Gasteiger partial charge is 0.288 e. The van der Waals surface area contributed by atoms with Gasteiger partial charge in [0.25, 0.3) is 0 Å². The van der Waals surface area contributed by atoms with Crippen LogP contribution >= 0.6 is 68.0 Å². The summed E-state index contributed by atoms with van der Waals surface area (Å²) in [6.07, 6.45) is 54.7. The van der Waals surface area contributed by atoms with Crippen LogP contribution in [0, 0.1) is 43.3 Å². The van der Waals surface area contributed by atoms with Crippen LogP contribution in [0.2, 0.25) is 0 Å². The number of carbonyl (C=O) groups is 2. The molecule has 0 N–H and O–H groups in total. The Labute approximate surface area is 592 Å². The molecule has 4 atom stereocenters. The first-order valence-corrected chi connectivity index (χ1v) is 43.8. The first kappa shape index (κ1) is 77.8. The highest BCUT2D eigenvalue weighted by Gasteiger charge is 2.43. The average Bonchev–Trinajstić information content (AvgIpc) is 1.56. The zero-order valence-electron chi connectivity index (χ0n) is 60.5. The van der Waals surface area contributed by atoms with E-state index in [9.17, 15) is 0 Å². The second kappa shape index (κ2) is 43.1. The molecule has 1 aliphatic rings. The van der Waals surface area contributed by atoms with Gasteiger partial charge in [-0.1, -0.05) is 312 Å². The monoisotopic (exact) mass is 1380 g/mol. The Morgan fingerprint density at radius 1 is 0.323 bits per heavy atom. The Morgan fingerprint density at radius 2 is 0.688 bits per heavy atom. The highest BCUT2D eigenvalue weighted by Crippen LogP contribution is 2.55. The van der Waals surface area contributed by atoms with Gasteiger partial charge in [-0.25, -0.2) is 4.39 Å². The van der Waals surface area contributed by atoms with Gasteiger partial charge >= 0.3 is 0 Å². The van der Waals surface area contributed by atoms with Gasteiger partial charge < -0.3 is 0 Å². The molecule has 0 aliphatic heterocycles. The zero-order valence-corrected chi connectivity index (χ0v) is 65.4. The fourth-order valence-electron chi connectivity index (χ4n) is 15.0. The van der Waals surface area contributed by atoms with E-state index in [-0.39, 0.29) is 17.4 Å². The predicted octanol–water partition coefficient (Wildman–Crippen LogP) is 30.7. The molecular formula is C84H127FO2S6. The molecule has 6 aromatic rings. The molecule has 0 spiro atoms. The number of aryl methyl sites for hydroxylation is 2. The molecule has 6 heterocycles. The van der Waals surface area contributed by atoms with Gasteiger partial charge in [-0.2, -0.15) is 0 Å². The number of unbranched alkanes of at least 4 members (excludes halogenated alkanes) is 26. The van der Waals surface area contributed by atoms with E-state index < -0.39 is 0 Å². The van der Waals surface area contributed by atoms with Gasteiger partial charge in [-0.15, -0.1) is 68.0 Å². The molecule has 4 unspecified atom stereocenters. The number of hydrogen-bond acceptors (Lipinski definition) is 8. The molecular weight excluding hydrogens is 1250 g/mol. The fourth-order valence-corrected chi connectivity index (χ4v) is 22.4. The van der Waals surface area contributed by atoms with Gasteiger partial charge in [0.15, 0.2) is 11.6 Å². The van der Waals surface area contributed by atoms with Crippen LogP contribution in [-0.2, 0) is 25.7 Å². The lowest BCUT2D eigenvalue weighted by Gasteiger charge is -2.19. The third-order valence-corrected chi connectivity index (χ3v) is 28.5. The molecule has 1 aliphatic carbocycles. The molecule has 518 valence electrons. The van der Waals surface area contributed by atoms with E-state index in [2.05, 4.69) is 93.5 Å². The lowest BCUT2D eigenvalue weighted by atomic mass is 9.81. The first-order chi connectivity index (χ1) is 45.4. The summed E-state index contributed by atoms with van der Waals surface area (Å²) in [6.45, 7) is 22.9. The topological polar surface area (TPSA) is 34.1 Å². The molecule has 6 aromatic heterocycles. The minimum atomic E-state index is -0.148. The zero-order chi connectivity index (χ0) is 66.3. The molecule has 0 amide bonds. The molecule has 0 radical (unpaired) electrons. The van der Waals surface area contributed by atoms with Gasteiger partial charge in [0, 0.05) is 55.0 Å². The van der Waals surface area contributed by atoms with Crippen molar-refractivity contribution < 1.29 is 14.0 Å². The Kier molecular flexibility index (Phi) is 36.1. The number of ketones is 2. The summed E-state index contributed by atoms with van der Waals surface area (Å²) in [7, 11) is 0. The quantitative estimate of drug-likeness (QED) is 0.0356. The van der Waals surface area contributed by atoms with Crippen LogP contribution < -0.4 is 0 Å². The highest BCUT2D eigenvalue weighted by atomic mass is 32.1. The van der Waals surface area contributed by atoms with Crippen molar-refractivity contribution in [2.45, 2.75) is 352 Å². The van der Waals surface area contributed by atoms with Crippen molar-refractivity contribution in [1.82, 2.24) is 0 Å². The molecule has 7 rings (SSSR count). The Morgan fingerprint density at radius 3 is 1.10 bits per heavy atom. The Hall–Kier alpha value is -2.53. The molecule has 0 aromatic carbocycles. The highest BCUT2D eigenvalue weighted by molar-refractivity contribution is 7.30. The van der Waals surface area contributed by atoms with Crippen molar-refractivity contribution in [2.24, 2.45) is 23.7 Å². The van der Waals surface area contributed by atoms with E-state index in [4.69, 9.17) is 0 Å². The number of fused-ring (bicyclic) bond motifs is 2. The molecule has 9 heteroatoms. The van der Waals surface area contributed by atoms with Crippen molar-refractivity contribution in [1.29, 1.82) is 0 Å². The van der Waals surface area contributed by atoms with Gasteiger partial charge in [-0.3, -0.25) is 9.59 Å². The molecule has 0 fully saturated rings. The lowest BCUT2D eigenvalue weighted by Crippen LogP contribution is -2.22. The predicted molar refractivity (Wildman–Crippen MR) is 417 cm³/mol. The van der Waals surface area contributed by atoms with E-state index in [0.717, 1.165) is 124 Å². The van der Waals surface area contributed by atoms with Gasteiger partial charge in [-0.05, 0) is 105 Å². The SMILES string of the molecule is CCCCCCCCCCC(CCCCCCCC)Cc1cc(-c2sc(-c3cc(CC(CCCCCCCC)CCCCCCCCCC)c(-c4cc(F)c(-c5ccc(C)s5)s4)s3)c3c2C(=O)c2c(CC(CC)CCCC)sc(CC(CC)CCCC)c2C3=O)sc1C. The molecule has 0 bridgehead atoms. The van der Waals surface area contributed by atoms with Gasteiger partial charge in [0.2, 0.25) is 0 Å². The molecule has 0 saturated heterocycles. The summed E-state index contributed by atoms with van der Waals surface area (Å²) in [6, 6.07) is 10.9. The normalized spacial score (nSPS) is 13.8. The van der Waals surface area contributed by atoms with Gasteiger partial charge in [0.1, 0.15) is 5.82 Å². The maximum atomic E-state index is 16.7. The molecule has 0 saturated carbocycles. The van der Waals surface area contributed by atoms with Crippen molar-refractivity contribution >= 4 is 79.6 Å². The van der Waals surface area contributed by atoms with Crippen LogP contribution in [0.4, 0.5) is 4.39 Å². The summed E-state index contributed by atoms with van der Waals surface area (Å²) in [4.78, 5) is 45.9. The lowest BCUT2D eigenvalue weighted by molar-refractivity contribution is 0.0980. The minimum absolute atomic E-state index is 0.0732. The smallest absolute Gasteiger partial charge is 0.197 e. The number of halogens is 1. The van der Waals surface area contributed by atoms with E-state index in [1.807, 2.05) is 28.7 Å². The van der Waals surface area contributed by atoms with Crippen LogP contribution in [0.3, 0.4) is 0 Å². The van der Waals surface area contributed by atoms with Gasteiger partial charge in [0.05, 0.1) is 25.8 Å². The van der Waals surface area contributed by atoms with Crippen molar-refractivity contribution in [2.75, 3.05) is 0 Å². The standard InChI is InChI=1S/C84H127FO2S6/c1-11-19-25-29-33-35-39-43-48-64(47-41-37-31-27-21-13-3)53-66-57-72(89-61(66)10)83-77-78(80(87)76-71(56-63(18-8)46-24-16-6)90-70(75(76)79(77)86)55-62(17-7)45-23-15-5)84(93-83)73-58-67(81(91-73)74-59-68(85)82(92-74)69-52-51-60(9)88-69)54-65(49-42-38-32-28-22-14-4)50-44-40-36-34-30-26-20-12-2/h51-52,57-59,62-65H,11-50,53-56H2,1-10H3. The summed E-state index contributed by atoms with van der Waals surface area (Å²) < 4.78 is 16.7. The fraction of sp³-hybridized carbons (Fsp3) is 0.690. The third kappa shape index (κ3) is 23.6. The van der Waals surface area contributed by atoms with Crippen LogP contribution in [0.5, 0.6) is 0 Å². The summed E-state index contributed by atoms with van der Waals surface area (Å²) in [5, 5.41) is 0. The van der Waals surface area contributed by atoms with Crippen molar-refractivity contribution in [3.8, 4) is 39.0 Å². The second-order valence-electron chi connectivity index (χ2n) is 28.7. The number of carbonyl (C=O) groups excluding carboxylic acids is 2. The van der Waals surface area contributed by atoms with Crippen LogP contribution in [0.25, 0.3) is 39.0 Å². The van der Waals surface area contributed by atoms with E-state index >= 15 is 14.0 Å². The minimum Gasteiger partial charge on any atom is -0.288 e. The maximum absolute atomic E-state index is 16.7. The number of rotatable bonds is 52. The van der Waals surface area contributed by atoms with Crippen LogP contribution in [0.1, 0.15) is 375 Å². The maximum Gasteiger partial charge on any atom is 0.197 e. The van der Waals surface area contributed by atoms with Crippen LogP contribution in [-0.4, -0.2) is 11.6 Å². The average molecular weight is 1380 g/mol. The third-order valence-electron chi connectivity index (χ3n) is 20.9. The van der Waals surface area contributed by atoms with E-state index in [1.54, 1.807) is 45.3 Å². The second-order valence-corrected chi connectivity index (χ2v) is 35.6. The first-order valence-electron chi connectivity index (χ1n) is 38.9. The summed E-state index contributed by atoms with van der Waals surface area (Å²) >= 11 is 10.5. The number of thiophene rings is 6. The molecule has 2 nitrogen and oxygen atoms in total. The summed E-state index contributed by atoms with van der Waals surface area (Å²) in [5.41, 5.74) is 5.52. The van der Waals surface area contributed by atoms with Crippen LogP contribution in [0.15, 0.2) is 30.3 Å².